The van der Waals surface area contributed by atoms with Crippen molar-refractivity contribution in [3.05, 3.63) is 52.7 Å². The Kier molecular flexibility index (Phi) is 5.71. The lowest BCUT2D eigenvalue weighted by Gasteiger charge is -2.09. The van der Waals surface area contributed by atoms with Crippen LogP contribution >= 0.6 is 11.3 Å². The highest BCUT2D eigenvalue weighted by Gasteiger charge is 2.07. The fraction of sp³-hybridized carbons (Fsp3) is 0.333. The SMILES string of the molecule is CCC(=Cc1ccc(-c2ccccc2F)s1)CNC(C)C. The molecular weight excluding hydrogens is 281 g/mol. The highest BCUT2D eigenvalue weighted by Crippen LogP contribution is 2.31. The van der Waals surface area contributed by atoms with E-state index in [9.17, 15) is 4.39 Å². The molecule has 1 aromatic carbocycles. The van der Waals surface area contributed by atoms with E-state index in [-0.39, 0.29) is 5.82 Å². The molecule has 0 aliphatic carbocycles. The van der Waals surface area contributed by atoms with Gasteiger partial charge in [-0.15, -0.1) is 11.3 Å². The van der Waals surface area contributed by atoms with Crippen molar-refractivity contribution in [1.82, 2.24) is 5.32 Å². The number of hydrogen-bond donors (Lipinski definition) is 1. The van der Waals surface area contributed by atoms with Gasteiger partial charge in [-0.3, -0.25) is 0 Å². The number of halogens is 1. The number of thiophene rings is 1. The molecule has 0 unspecified atom stereocenters. The third-order valence-corrected chi connectivity index (χ3v) is 4.37. The average molecular weight is 303 g/mol. The lowest BCUT2D eigenvalue weighted by atomic mass is 10.1. The molecule has 0 amide bonds. The van der Waals surface area contributed by atoms with Gasteiger partial charge in [0.1, 0.15) is 5.82 Å². The molecule has 112 valence electrons. The summed E-state index contributed by atoms with van der Waals surface area (Å²) in [6.07, 6.45) is 3.23. The predicted molar refractivity (Wildman–Crippen MR) is 91.1 cm³/mol. The van der Waals surface area contributed by atoms with Gasteiger partial charge < -0.3 is 5.32 Å². The van der Waals surface area contributed by atoms with Crippen molar-refractivity contribution in [3.8, 4) is 10.4 Å². The summed E-state index contributed by atoms with van der Waals surface area (Å²) in [7, 11) is 0. The molecule has 0 radical (unpaired) electrons. The molecule has 21 heavy (non-hydrogen) atoms. The van der Waals surface area contributed by atoms with Crippen LogP contribution in [0.15, 0.2) is 42.0 Å². The Hall–Kier alpha value is -1.45. The van der Waals surface area contributed by atoms with Crippen LogP contribution in [-0.2, 0) is 0 Å². The van der Waals surface area contributed by atoms with Crippen LogP contribution in [0.3, 0.4) is 0 Å². The smallest absolute Gasteiger partial charge is 0.131 e. The number of hydrogen-bond acceptors (Lipinski definition) is 2. The van der Waals surface area contributed by atoms with Crippen molar-refractivity contribution < 1.29 is 4.39 Å². The van der Waals surface area contributed by atoms with E-state index in [2.05, 4.69) is 38.2 Å². The van der Waals surface area contributed by atoms with Crippen molar-refractivity contribution in [1.29, 1.82) is 0 Å². The maximum absolute atomic E-state index is 13.8. The van der Waals surface area contributed by atoms with Crippen molar-refractivity contribution in [2.45, 2.75) is 33.2 Å². The fourth-order valence-electron chi connectivity index (χ4n) is 2.05. The second-order valence-electron chi connectivity index (χ2n) is 5.37. The zero-order chi connectivity index (χ0) is 15.2. The van der Waals surface area contributed by atoms with Crippen LogP contribution in [0.25, 0.3) is 16.5 Å². The van der Waals surface area contributed by atoms with Crippen LogP contribution in [0.2, 0.25) is 0 Å². The molecule has 0 bridgehead atoms. The van der Waals surface area contributed by atoms with Gasteiger partial charge in [-0.25, -0.2) is 4.39 Å². The normalized spacial score (nSPS) is 12.1. The van der Waals surface area contributed by atoms with E-state index in [1.165, 1.54) is 16.5 Å². The largest absolute Gasteiger partial charge is 0.311 e. The molecule has 1 heterocycles. The third kappa shape index (κ3) is 4.51. The van der Waals surface area contributed by atoms with E-state index in [0.29, 0.717) is 11.6 Å². The summed E-state index contributed by atoms with van der Waals surface area (Å²) in [6.45, 7) is 7.36. The summed E-state index contributed by atoms with van der Waals surface area (Å²) in [6, 6.07) is 11.5. The van der Waals surface area contributed by atoms with Gasteiger partial charge in [0, 0.05) is 27.9 Å². The predicted octanol–water partition coefficient (Wildman–Crippen LogP) is 5.35. The molecule has 1 aromatic heterocycles. The second kappa shape index (κ2) is 7.53. The van der Waals surface area contributed by atoms with Crippen molar-refractivity contribution in [2.24, 2.45) is 0 Å². The monoisotopic (exact) mass is 303 g/mol. The van der Waals surface area contributed by atoms with E-state index in [4.69, 9.17) is 0 Å². The molecule has 0 atom stereocenters. The molecule has 0 saturated heterocycles. The van der Waals surface area contributed by atoms with Crippen molar-refractivity contribution >= 4 is 17.4 Å². The minimum Gasteiger partial charge on any atom is -0.311 e. The summed E-state index contributed by atoms with van der Waals surface area (Å²) in [5.74, 6) is -0.160. The molecule has 1 N–H and O–H groups in total. The first-order chi connectivity index (χ1) is 10.1. The van der Waals surface area contributed by atoms with Gasteiger partial charge in [-0.2, -0.15) is 0 Å². The molecule has 0 saturated carbocycles. The molecular formula is C18H22FNS. The summed E-state index contributed by atoms with van der Waals surface area (Å²) in [4.78, 5) is 2.15. The van der Waals surface area contributed by atoms with Crippen LogP contribution < -0.4 is 5.32 Å². The molecule has 3 heteroatoms. The molecule has 2 aromatic rings. The standard InChI is InChI=1S/C18H22FNS/c1-4-14(12-20-13(2)3)11-15-9-10-18(21-15)16-7-5-6-8-17(16)19/h5-11,13,20H,4,12H2,1-3H3. The second-order valence-corrected chi connectivity index (χ2v) is 6.49. The van der Waals surface area contributed by atoms with E-state index in [1.807, 2.05) is 18.2 Å². The molecule has 0 aliphatic heterocycles. The van der Waals surface area contributed by atoms with Crippen LogP contribution in [-0.4, -0.2) is 12.6 Å². The van der Waals surface area contributed by atoms with Crippen LogP contribution in [0, 0.1) is 5.82 Å². The number of nitrogens with one attached hydrogen (secondary N) is 1. The fourth-order valence-corrected chi connectivity index (χ4v) is 3.08. The highest BCUT2D eigenvalue weighted by molar-refractivity contribution is 7.16. The van der Waals surface area contributed by atoms with E-state index in [0.717, 1.165) is 17.8 Å². The Bertz CT molecular complexity index is 613. The van der Waals surface area contributed by atoms with Gasteiger partial charge >= 0.3 is 0 Å². The molecule has 1 nitrogen and oxygen atoms in total. The first-order valence-corrected chi connectivity index (χ1v) is 8.19. The third-order valence-electron chi connectivity index (χ3n) is 3.30. The first-order valence-electron chi connectivity index (χ1n) is 7.37. The average Bonchev–Trinajstić information content (AvgIpc) is 2.92. The van der Waals surface area contributed by atoms with Gasteiger partial charge in [-0.05, 0) is 30.7 Å². The molecule has 0 aliphatic rings. The van der Waals surface area contributed by atoms with Gasteiger partial charge in [0.2, 0.25) is 0 Å². The molecule has 0 fully saturated rings. The Morgan fingerprint density at radius 3 is 2.67 bits per heavy atom. The Morgan fingerprint density at radius 1 is 1.24 bits per heavy atom. The Labute approximate surface area is 130 Å². The van der Waals surface area contributed by atoms with Crippen LogP contribution in [0.4, 0.5) is 4.39 Å². The quantitative estimate of drug-likeness (QED) is 0.759. The summed E-state index contributed by atoms with van der Waals surface area (Å²) in [5.41, 5.74) is 2.05. The van der Waals surface area contributed by atoms with Crippen molar-refractivity contribution in [3.63, 3.8) is 0 Å². The number of rotatable bonds is 6. The van der Waals surface area contributed by atoms with E-state index in [1.54, 1.807) is 17.4 Å². The van der Waals surface area contributed by atoms with E-state index < -0.39 is 0 Å². The zero-order valence-corrected chi connectivity index (χ0v) is 13.6. The summed E-state index contributed by atoms with van der Waals surface area (Å²) < 4.78 is 13.8. The Balaban J connectivity index is 2.17. The number of benzene rings is 1. The van der Waals surface area contributed by atoms with E-state index >= 15 is 0 Å². The van der Waals surface area contributed by atoms with Crippen LogP contribution in [0.1, 0.15) is 32.1 Å². The first kappa shape index (κ1) is 15.9. The minimum atomic E-state index is -0.160. The molecule has 2 rings (SSSR count). The van der Waals surface area contributed by atoms with Crippen molar-refractivity contribution in [2.75, 3.05) is 6.54 Å². The maximum atomic E-state index is 13.8. The topological polar surface area (TPSA) is 12.0 Å². The maximum Gasteiger partial charge on any atom is 0.131 e. The van der Waals surface area contributed by atoms with Gasteiger partial charge in [-0.1, -0.05) is 44.5 Å². The van der Waals surface area contributed by atoms with Gasteiger partial charge in [0.05, 0.1) is 0 Å². The summed E-state index contributed by atoms with van der Waals surface area (Å²) >= 11 is 1.63. The Morgan fingerprint density at radius 2 is 2.00 bits per heavy atom. The summed E-state index contributed by atoms with van der Waals surface area (Å²) in [5, 5.41) is 3.44. The highest BCUT2D eigenvalue weighted by atomic mass is 32.1. The van der Waals surface area contributed by atoms with Crippen LogP contribution in [0.5, 0.6) is 0 Å². The lowest BCUT2D eigenvalue weighted by Crippen LogP contribution is -2.24. The minimum absolute atomic E-state index is 0.160. The van der Waals surface area contributed by atoms with Gasteiger partial charge in [0.15, 0.2) is 0 Å². The van der Waals surface area contributed by atoms with Gasteiger partial charge in [0.25, 0.3) is 0 Å². The zero-order valence-electron chi connectivity index (χ0n) is 12.8. The lowest BCUT2D eigenvalue weighted by molar-refractivity contribution is 0.617. The molecule has 0 spiro atoms.